The zero-order valence-electron chi connectivity index (χ0n) is 16.1. The van der Waals surface area contributed by atoms with Crippen LogP contribution in [0.2, 0.25) is 0 Å². The molecule has 5 fully saturated rings. The maximum absolute atomic E-state index is 12.7. The van der Waals surface area contributed by atoms with Crippen molar-refractivity contribution < 1.29 is 9.59 Å². The summed E-state index contributed by atoms with van der Waals surface area (Å²) in [7, 11) is 0. The van der Waals surface area contributed by atoms with Crippen LogP contribution in [-0.4, -0.2) is 35.8 Å². The first-order valence-electron chi connectivity index (χ1n) is 10.4. The Balaban J connectivity index is 1.40. The average molecular weight is 347 g/mol. The van der Waals surface area contributed by atoms with Gasteiger partial charge in [0.05, 0.1) is 0 Å². The van der Waals surface area contributed by atoms with Gasteiger partial charge in [-0.2, -0.15) is 0 Å². The topological polar surface area (TPSA) is 49.4 Å². The van der Waals surface area contributed by atoms with Crippen molar-refractivity contribution in [1.29, 1.82) is 0 Å². The summed E-state index contributed by atoms with van der Waals surface area (Å²) in [6.45, 7) is 7.95. The molecule has 0 spiro atoms. The number of carbonyl (C=O) groups excluding carboxylic acids is 2. The molecule has 1 heterocycles. The number of hydrogen-bond acceptors (Lipinski definition) is 2. The second-order valence-corrected chi connectivity index (χ2v) is 10.1. The lowest BCUT2D eigenvalue weighted by molar-refractivity contribution is -0.149. The van der Waals surface area contributed by atoms with Crippen LogP contribution in [0.4, 0.5) is 0 Å². The number of likely N-dealkylation sites (tertiary alicyclic amines) is 1. The van der Waals surface area contributed by atoms with Crippen molar-refractivity contribution in [2.24, 2.45) is 35.0 Å². The SMILES string of the molecule is CC1CC(C)CN(C(=O)C(=O)NC(C)C23CC4CC(CC(C4)C2)C3)C1. The molecule has 1 N–H and O–H groups in total. The van der Waals surface area contributed by atoms with Crippen molar-refractivity contribution in [2.45, 2.75) is 71.8 Å². The summed E-state index contributed by atoms with van der Waals surface area (Å²) < 4.78 is 0. The number of piperidine rings is 1. The van der Waals surface area contributed by atoms with E-state index in [1.807, 2.05) is 0 Å². The molecule has 4 bridgehead atoms. The van der Waals surface area contributed by atoms with Gasteiger partial charge < -0.3 is 10.2 Å². The second-order valence-electron chi connectivity index (χ2n) is 10.1. The number of amides is 2. The minimum atomic E-state index is -0.371. The van der Waals surface area contributed by atoms with Crippen LogP contribution in [0.15, 0.2) is 0 Å². The molecular weight excluding hydrogens is 312 g/mol. The standard InChI is InChI=1S/C21H34N2O2/c1-13-4-14(2)12-23(11-13)20(25)19(24)22-15(3)21-8-16-5-17(9-21)7-18(6-16)10-21/h13-18H,4-12H2,1-3H3,(H,22,24). The van der Waals surface area contributed by atoms with Crippen molar-refractivity contribution in [1.82, 2.24) is 10.2 Å². The lowest BCUT2D eigenvalue weighted by Crippen LogP contribution is -2.58. The third-order valence-electron chi connectivity index (χ3n) is 7.70. The summed E-state index contributed by atoms with van der Waals surface area (Å²) in [5.41, 5.74) is 0.257. The van der Waals surface area contributed by atoms with E-state index in [0.717, 1.165) is 37.3 Å². The average Bonchev–Trinajstić information content (AvgIpc) is 2.51. The van der Waals surface area contributed by atoms with Crippen LogP contribution in [-0.2, 0) is 9.59 Å². The predicted octanol–water partition coefficient (Wildman–Crippen LogP) is 3.21. The van der Waals surface area contributed by atoms with Gasteiger partial charge in [0.1, 0.15) is 0 Å². The normalized spacial score (nSPS) is 43.8. The molecule has 140 valence electrons. The van der Waals surface area contributed by atoms with Crippen molar-refractivity contribution in [3.05, 3.63) is 0 Å². The van der Waals surface area contributed by atoms with Crippen LogP contribution >= 0.6 is 0 Å². The molecule has 0 aromatic carbocycles. The van der Waals surface area contributed by atoms with E-state index in [-0.39, 0.29) is 23.3 Å². The van der Waals surface area contributed by atoms with Gasteiger partial charge in [0.2, 0.25) is 0 Å². The molecule has 4 heteroatoms. The monoisotopic (exact) mass is 346 g/mol. The molecule has 3 atom stereocenters. The van der Waals surface area contributed by atoms with Crippen molar-refractivity contribution in [3.63, 3.8) is 0 Å². The molecule has 4 saturated carbocycles. The third kappa shape index (κ3) is 3.21. The Kier molecular flexibility index (Phi) is 4.36. The van der Waals surface area contributed by atoms with Gasteiger partial charge in [0.25, 0.3) is 0 Å². The minimum absolute atomic E-state index is 0.122. The maximum Gasteiger partial charge on any atom is 0.311 e. The second kappa shape index (κ2) is 6.28. The highest BCUT2D eigenvalue weighted by Crippen LogP contribution is 2.61. The Morgan fingerprint density at radius 3 is 1.88 bits per heavy atom. The molecule has 25 heavy (non-hydrogen) atoms. The summed E-state index contributed by atoms with van der Waals surface area (Å²) in [4.78, 5) is 27.1. The highest BCUT2D eigenvalue weighted by atomic mass is 16.2. The van der Waals surface area contributed by atoms with E-state index in [1.54, 1.807) is 4.90 Å². The molecule has 5 aliphatic rings. The summed E-state index contributed by atoms with van der Waals surface area (Å²) in [6.07, 6.45) is 9.13. The number of rotatable bonds is 2. The quantitative estimate of drug-likeness (QED) is 0.781. The van der Waals surface area contributed by atoms with E-state index in [2.05, 4.69) is 26.1 Å². The molecule has 4 nitrogen and oxygen atoms in total. The number of hydrogen-bond donors (Lipinski definition) is 1. The van der Waals surface area contributed by atoms with Crippen LogP contribution in [0.1, 0.15) is 65.7 Å². The van der Waals surface area contributed by atoms with Gasteiger partial charge in [-0.15, -0.1) is 0 Å². The van der Waals surface area contributed by atoms with Crippen LogP contribution in [0.25, 0.3) is 0 Å². The fourth-order valence-corrected chi connectivity index (χ4v) is 7.09. The van der Waals surface area contributed by atoms with Crippen molar-refractivity contribution >= 4 is 11.8 Å². The van der Waals surface area contributed by atoms with E-state index >= 15 is 0 Å². The first kappa shape index (κ1) is 17.4. The molecule has 4 aliphatic carbocycles. The molecule has 2 amide bonds. The van der Waals surface area contributed by atoms with E-state index in [0.29, 0.717) is 11.8 Å². The van der Waals surface area contributed by atoms with E-state index in [1.165, 1.54) is 38.5 Å². The van der Waals surface area contributed by atoms with E-state index < -0.39 is 0 Å². The van der Waals surface area contributed by atoms with Gasteiger partial charge in [0, 0.05) is 19.1 Å². The first-order chi connectivity index (χ1) is 11.8. The van der Waals surface area contributed by atoms with Gasteiger partial charge in [-0.3, -0.25) is 9.59 Å². The van der Waals surface area contributed by atoms with E-state index in [4.69, 9.17) is 0 Å². The zero-order chi connectivity index (χ0) is 17.8. The van der Waals surface area contributed by atoms with Crippen LogP contribution in [0, 0.1) is 35.0 Å². The molecule has 1 saturated heterocycles. The van der Waals surface area contributed by atoms with Crippen molar-refractivity contribution in [2.75, 3.05) is 13.1 Å². The Labute approximate surface area is 152 Å². The van der Waals surface area contributed by atoms with Gasteiger partial charge in [0.15, 0.2) is 0 Å². The molecule has 0 radical (unpaired) electrons. The van der Waals surface area contributed by atoms with Crippen LogP contribution in [0.5, 0.6) is 0 Å². The third-order valence-corrected chi connectivity index (χ3v) is 7.70. The lowest BCUT2D eigenvalue weighted by Gasteiger charge is -2.59. The highest BCUT2D eigenvalue weighted by Gasteiger charge is 2.53. The highest BCUT2D eigenvalue weighted by molar-refractivity contribution is 6.35. The fraction of sp³-hybridized carbons (Fsp3) is 0.905. The van der Waals surface area contributed by atoms with Gasteiger partial charge >= 0.3 is 11.8 Å². The number of carbonyl (C=O) groups is 2. The molecule has 0 aromatic heterocycles. The van der Waals surface area contributed by atoms with Crippen molar-refractivity contribution in [3.8, 4) is 0 Å². The molecule has 3 unspecified atom stereocenters. The Morgan fingerprint density at radius 1 is 0.920 bits per heavy atom. The van der Waals surface area contributed by atoms with Gasteiger partial charge in [-0.05, 0) is 86.9 Å². The lowest BCUT2D eigenvalue weighted by atomic mass is 9.48. The van der Waals surface area contributed by atoms with Gasteiger partial charge in [-0.1, -0.05) is 13.8 Å². The summed E-state index contributed by atoms with van der Waals surface area (Å²) in [6, 6.07) is 0.122. The maximum atomic E-state index is 12.7. The first-order valence-corrected chi connectivity index (χ1v) is 10.4. The summed E-state index contributed by atoms with van der Waals surface area (Å²) >= 11 is 0. The molecular formula is C21H34N2O2. The Hall–Kier alpha value is -1.06. The Bertz CT molecular complexity index is 513. The zero-order valence-corrected chi connectivity index (χ0v) is 16.1. The molecule has 0 aromatic rings. The largest absolute Gasteiger partial charge is 0.345 e. The minimum Gasteiger partial charge on any atom is -0.345 e. The van der Waals surface area contributed by atoms with Gasteiger partial charge in [-0.25, -0.2) is 0 Å². The number of nitrogens with zero attached hydrogens (tertiary/aromatic N) is 1. The van der Waals surface area contributed by atoms with Crippen LogP contribution in [0.3, 0.4) is 0 Å². The summed E-state index contributed by atoms with van der Waals surface area (Å²) in [5, 5.41) is 3.13. The fourth-order valence-electron chi connectivity index (χ4n) is 7.09. The van der Waals surface area contributed by atoms with E-state index in [9.17, 15) is 9.59 Å². The summed E-state index contributed by atoms with van der Waals surface area (Å²) in [5.74, 6) is 2.89. The predicted molar refractivity (Wildman–Crippen MR) is 97.7 cm³/mol. The molecule has 1 aliphatic heterocycles. The van der Waals surface area contributed by atoms with Crippen LogP contribution < -0.4 is 5.32 Å². The number of nitrogens with one attached hydrogen (secondary N) is 1. The smallest absolute Gasteiger partial charge is 0.311 e. The Morgan fingerprint density at radius 2 is 1.40 bits per heavy atom. The molecule has 5 rings (SSSR count).